The first kappa shape index (κ1) is 20.4. The van der Waals surface area contributed by atoms with Gasteiger partial charge in [-0.2, -0.15) is 21.6 Å². The Morgan fingerprint density at radius 1 is 1.35 bits per heavy atom. The molecule has 1 heterocycles. The molecule has 0 saturated carbocycles. The van der Waals surface area contributed by atoms with E-state index in [1.165, 1.54) is 14.0 Å². The number of primary amides is 1. The van der Waals surface area contributed by atoms with E-state index in [0.717, 1.165) is 0 Å². The smallest absolute Gasteiger partial charge is 0.505 e. The van der Waals surface area contributed by atoms with E-state index in [-0.39, 0.29) is 5.97 Å². The standard InChI is InChI=1S/C7H5F3N2O5S.C3H6O2/c8-7(9,10)18(15,16)17-3-1-4(13)5(6(11)14)12-2-3;1-3(4)5-2/h1-2,13H,(H2,11,14);1-2H3. The molecule has 13 heteroatoms. The molecule has 0 spiro atoms. The van der Waals surface area contributed by atoms with Gasteiger partial charge in [-0.3, -0.25) is 9.59 Å². The summed E-state index contributed by atoms with van der Waals surface area (Å²) in [4.78, 5) is 23.4. The number of esters is 1. The monoisotopic (exact) mass is 360 g/mol. The Kier molecular flexibility index (Phi) is 6.77. The molecular formula is C10H11F3N2O7S. The molecule has 1 aromatic heterocycles. The van der Waals surface area contributed by atoms with Crippen molar-refractivity contribution in [3.8, 4) is 11.5 Å². The Hall–Kier alpha value is -2.57. The quantitative estimate of drug-likeness (QED) is 0.444. The molecule has 0 saturated heterocycles. The van der Waals surface area contributed by atoms with Crippen molar-refractivity contribution in [1.29, 1.82) is 0 Å². The molecule has 0 atom stereocenters. The van der Waals surface area contributed by atoms with E-state index in [4.69, 9.17) is 10.8 Å². The van der Waals surface area contributed by atoms with Gasteiger partial charge in [0.25, 0.3) is 5.91 Å². The van der Waals surface area contributed by atoms with Crippen molar-refractivity contribution in [2.45, 2.75) is 12.4 Å². The topological polar surface area (TPSA) is 146 Å². The van der Waals surface area contributed by atoms with Crippen LogP contribution in [0.3, 0.4) is 0 Å². The number of carbonyl (C=O) groups excluding carboxylic acids is 2. The van der Waals surface area contributed by atoms with E-state index in [9.17, 15) is 31.2 Å². The first-order valence-electron chi connectivity index (χ1n) is 5.36. The number of amides is 1. The number of carbonyl (C=O) groups is 2. The highest BCUT2D eigenvalue weighted by Gasteiger charge is 2.48. The van der Waals surface area contributed by atoms with E-state index >= 15 is 0 Å². The van der Waals surface area contributed by atoms with E-state index in [2.05, 4.69) is 13.9 Å². The maximum Gasteiger partial charge on any atom is 0.534 e. The average Bonchev–Trinajstić information content (AvgIpc) is 2.37. The number of aromatic hydroxyl groups is 1. The zero-order valence-corrected chi connectivity index (χ0v) is 12.4. The van der Waals surface area contributed by atoms with E-state index in [1.807, 2.05) is 0 Å². The molecule has 0 aromatic carbocycles. The molecule has 3 N–H and O–H groups in total. The van der Waals surface area contributed by atoms with Crippen LogP contribution in [0.2, 0.25) is 0 Å². The normalized spacial score (nSPS) is 11.0. The van der Waals surface area contributed by atoms with Gasteiger partial charge in [-0.25, -0.2) is 4.98 Å². The minimum absolute atomic E-state index is 0.245. The summed E-state index contributed by atoms with van der Waals surface area (Å²) >= 11 is 0. The Balaban J connectivity index is 0.000000841. The van der Waals surface area contributed by atoms with Crippen LogP contribution < -0.4 is 9.92 Å². The minimum Gasteiger partial charge on any atom is -0.505 e. The number of alkyl halides is 3. The fourth-order valence-electron chi connectivity index (χ4n) is 0.844. The second kappa shape index (κ2) is 7.62. The number of nitrogens with two attached hydrogens (primary N) is 1. The minimum atomic E-state index is -5.87. The molecule has 1 amide bonds. The number of pyridine rings is 1. The average molecular weight is 360 g/mol. The Morgan fingerprint density at radius 2 is 1.83 bits per heavy atom. The molecule has 1 rings (SSSR count). The number of aromatic nitrogens is 1. The first-order valence-corrected chi connectivity index (χ1v) is 6.76. The van der Waals surface area contributed by atoms with Crippen molar-refractivity contribution in [2.24, 2.45) is 5.73 Å². The molecule has 0 unspecified atom stereocenters. The molecule has 1 aromatic rings. The summed E-state index contributed by atoms with van der Waals surface area (Å²) in [5.74, 6) is -3.20. The van der Waals surface area contributed by atoms with Crippen molar-refractivity contribution >= 4 is 22.0 Å². The highest BCUT2D eigenvalue weighted by molar-refractivity contribution is 7.87. The summed E-state index contributed by atoms with van der Waals surface area (Å²) in [6, 6.07) is 0.469. The number of halogens is 3. The van der Waals surface area contributed by atoms with Gasteiger partial charge < -0.3 is 19.8 Å². The first-order chi connectivity index (χ1) is 10.3. The molecule has 0 aliphatic rings. The van der Waals surface area contributed by atoms with Crippen LogP contribution in [-0.2, 0) is 19.6 Å². The van der Waals surface area contributed by atoms with Crippen molar-refractivity contribution in [1.82, 2.24) is 4.98 Å². The predicted molar refractivity (Wildman–Crippen MR) is 67.7 cm³/mol. The van der Waals surface area contributed by atoms with Gasteiger partial charge in [0.15, 0.2) is 17.2 Å². The lowest BCUT2D eigenvalue weighted by Crippen LogP contribution is -2.28. The third-order valence-corrected chi connectivity index (χ3v) is 2.83. The molecule has 0 fully saturated rings. The van der Waals surface area contributed by atoms with Gasteiger partial charge in [0.05, 0.1) is 13.3 Å². The summed E-state index contributed by atoms with van der Waals surface area (Å²) in [5.41, 5.74) is -1.49. The third kappa shape index (κ3) is 6.37. The van der Waals surface area contributed by atoms with Gasteiger partial charge in [-0.15, -0.1) is 0 Å². The molecule has 9 nitrogen and oxygen atoms in total. The van der Waals surface area contributed by atoms with Crippen molar-refractivity contribution in [3.05, 3.63) is 18.0 Å². The van der Waals surface area contributed by atoms with E-state index < -0.39 is 38.7 Å². The SMILES string of the molecule is COC(C)=O.NC(=O)c1ncc(OS(=O)(=O)C(F)(F)F)cc1O. The Morgan fingerprint density at radius 3 is 2.13 bits per heavy atom. The zero-order chi connectivity index (χ0) is 18.4. The number of nitrogens with zero attached hydrogens (tertiary/aromatic N) is 1. The van der Waals surface area contributed by atoms with Crippen LogP contribution in [0.4, 0.5) is 13.2 Å². The van der Waals surface area contributed by atoms with Crippen LogP contribution in [0.5, 0.6) is 11.5 Å². The number of hydrogen-bond donors (Lipinski definition) is 2. The van der Waals surface area contributed by atoms with Crippen LogP contribution in [0.1, 0.15) is 17.4 Å². The van der Waals surface area contributed by atoms with Crippen molar-refractivity contribution in [3.63, 3.8) is 0 Å². The van der Waals surface area contributed by atoms with Gasteiger partial charge in [-0.05, 0) is 0 Å². The number of methoxy groups -OCH3 is 1. The van der Waals surface area contributed by atoms with Crippen molar-refractivity contribution in [2.75, 3.05) is 7.11 Å². The highest BCUT2D eigenvalue weighted by atomic mass is 32.2. The molecule has 130 valence electrons. The zero-order valence-electron chi connectivity index (χ0n) is 11.6. The van der Waals surface area contributed by atoms with E-state index in [1.54, 1.807) is 0 Å². The molecule has 0 aliphatic carbocycles. The second-order valence-electron chi connectivity index (χ2n) is 3.58. The largest absolute Gasteiger partial charge is 0.534 e. The van der Waals surface area contributed by atoms with Gasteiger partial charge in [-0.1, -0.05) is 0 Å². The summed E-state index contributed by atoms with van der Waals surface area (Å²) in [7, 11) is -4.52. The lowest BCUT2D eigenvalue weighted by molar-refractivity contribution is -0.137. The number of rotatable bonds is 3. The van der Waals surface area contributed by atoms with Gasteiger partial charge in [0, 0.05) is 13.0 Å². The van der Waals surface area contributed by atoms with Crippen molar-refractivity contribution < 1.29 is 45.2 Å². The lowest BCUT2D eigenvalue weighted by atomic mass is 10.3. The molecule has 23 heavy (non-hydrogen) atoms. The fraction of sp³-hybridized carbons (Fsp3) is 0.300. The maximum absolute atomic E-state index is 12.0. The Labute approximate surface area is 127 Å². The van der Waals surface area contributed by atoms with Crippen LogP contribution in [-0.4, -0.2) is 43.0 Å². The third-order valence-electron chi connectivity index (χ3n) is 1.85. The number of ether oxygens (including phenoxy) is 1. The van der Waals surface area contributed by atoms with Crippen LogP contribution in [0.15, 0.2) is 12.3 Å². The molecular weight excluding hydrogens is 349 g/mol. The summed E-state index contributed by atoms with van der Waals surface area (Å²) in [6.07, 6.45) is 0.503. The van der Waals surface area contributed by atoms with Gasteiger partial charge in [0.2, 0.25) is 0 Å². The summed E-state index contributed by atoms with van der Waals surface area (Å²) < 4.78 is 64.8. The van der Waals surface area contributed by atoms with Gasteiger partial charge in [0.1, 0.15) is 0 Å². The molecule has 0 bridgehead atoms. The summed E-state index contributed by atoms with van der Waals surface area (Å²) in [5, 5.41) is 9.14. The molecule has 0 radical (unpaired) electrons. The highest BCUT2D eigenvalue weighted by Crippen LogP contribution is 2.28. The predicted octanol–water partition coefficient (Wildman–Crippen LogP) is 0.294. The summed E-state index contributed by atoms with van der Waals surface area (Å²) in [6.45, 7) is 1.36. The van der Waals surface area contributed by atoms with Gasteiger partial charge >= 0.3 is 21.6 Å². The fourth-order valence-corrected chi connectivity index (χ4v) is 1.28. The number of hydrogen-bond acceptors (Lipinski definition) is 8. The van der Waals surface area contributed by atoms with Crippen LogP contribution in [0, 0.1) is 0 Å². The lowest BCUT2D eigenvalue weighted by Gasteiger charge is -2.09. The van der Waals surface area contributed by atoms with Crippen LogP contribution >= 0.6 is 0 Å². The maximum atomic E-state index is 12.0. The molecule has 0 aliphatic heterocycles. The Bertz CT molecular complexity index is 688. The second-order valence-corrected chi connectivity index (χ2v) is 5.12. The van der Waals surface area contributed by atoms with Crippen LogP contribution in [0.25, 0.3) is 0 Å². The van der Waals surface area contributed by atoms with E-state index in [0.29, 0.717) is 12.3 Å².